The first-order valence-electron chi connectivity index (χ1n) is 12.6. The molecule has 0 fully saturated rings. The number of nitrogens with zero attached hydrogens (tertiary/aromatic N) is 3. The Morgan fingerprint density at radius 3 is 2.79 bits per heavy atom. The van der Waals surface area contributed by atoms with Crippen LogP contribution in [0.5, 0.6) is 0 Å². The number of aryl methyl sites for hydroxylation is 1. The molecule has 0 aliphatic heterocycles. The number of carbonyl (C=O) groups excluding carboxylic acids is 1. The van der Waals surface area contributed by atoms with E-state index in [-0.39, 0.29) is 17.9 Å². The quantitative estimate of drug-likeness (QED) is 0.235. The van der Waals surface area contributed by atoms with Crippen LogP contribution in [0.25, 0.3) is 22.2 Å². The van der Waals surface area contributed by atoms with Gasteiger partial charge < -0.3 is 20.0 Å². The highest BCUT2D eigenvalue weighted by molar-refractivity contribution is 5.91. The summed E-state index contributed by atoms with van der Waals surface area (Å²) in [4.78, 5) is 28.6. The molecule has 0 bridgehead atoms. The van der Waals surface area contributed by atoms with Crippen LogP contribution in [-0.4, -0.2) is 38.9 Å². The lowest BCUT2D eigenvalue weighted by Crippen LogP contribution is -2.24. The summed E-state index contributed by atoms with van der Waals surface area (Å²) < 4.78 is 19.1. The molecule has 0 unspecified atom stereocenters. The molecule has 3 aromatic heterocycles. The lowest BCUT2D eigenvalue weighted by molar-refractivity contribution is 0.0945. The summed E-state index contributed by atoms with van der Waals surface area (Å²) in [6.45, 7) is 5.62. The van der Waals surface area contributed by atoms with Crippen LogP contribution in [0.3, 0.4) is 0 Å². The first kappa shape index (κ1) is 25.3. The number of hydrogen-bond acceptors (Lipinski definition) is 6. The molecule has 8 nitrogen and oxygen atoms in total. The molecule has 0 spiro atoms. The standard InChI is InChI=1S/C29H29FN6O2/c1-18-5-3-6-21(19(18)2)20-8-9-23-24(15-20)35-27(34-23)10-13-31-14-11-28-36-26(17-38-28)29(37)33-16-25-22(30)7-4-12-32-25/h3-9,12,15,17,31H,10-11,13-14,16H2,1-2H3,(H,33,37)(H,34,35). The molecule has 0 saturated heterocycles. The first-order valence-corrected chi connectivity index (χ1v) is 12.6. The Kier molecular flexibility index (Phi) is 7.55. The third-order valence-corrected chi connectivity index (χ3v) is 6.54. The zero-order valence-corrected chi connectivity index (χ0v) is 21.3. The fraction of sp³-hybridized carbons (Fsp3) is 0.241. The smallest absolute Gasteiger partial charge is 0.273 e. The van der Waals surface area contributed by atoms with Crippen molar-refractivity contribution in [2.24, 2.45) is 0 Å². The van der Waals surface area contributed by atoms with Crippen LogP contribution < -0.4 is 10.6 Å². The minimum absolute atomic E-state index is 0.0239. The van der Waals surface area contributed by atoms with Gasteiger partial charge in [0.2, 0.25) is 0 Å². The van der Waals surface area contributed by atoms with Crippen LogP contribution >= 0.6 is 0 Å². The maximum atomic E-state index is 13.7. The van der Waals surface area contributed by atoms with Gasteiger partial charge >= 0.3 is 0 Å². The van der Waals surface area contributed by atoms with Crippen LogP contribution in [-0.2, 0) is 19.4 Å². The SMILES string of the molecule is Cc1cccc(-c2ccc3nc(CCNCCc4nc(C(=O)NCc5ncccc5F)co4)[nH]c3c2)c1C. The fourth-order valence-electron chi connectivity index (χ4n) is 4.27. The second kappa shape index (κ2) is 11.4. The molecule has 5 aromatic rings. The second-order valence-corrected chi connectivity index (χ2v) is 9.15. The van der Waals surface area contributed by atoms with Crippen molar-refractivity contribution in [3.8, 4) is 11.1 Å². The maximum absolute atomic E-state index is 13.7. The largest absolute Gasteiger partial charge is 0.448 e. The highest BCUT2D eigenvalue weighted by Gasteiger charge is 2.13. The molecule has 5 rings (SSSR count). The molecule has 38 heavy (non-hydrogen) atoms. The number of H-pyrrole nitrogens is 1. The number of aromatic nitrogens is 4. The van der Waals surface area contributed by atoms with Crippen molar-refractivity contribution in [2.75, 3.05) is 13.1 Å². The van der Waals surface area contributed by atoms with Gasteiger partial charge in [0.15, 0.2) is 11.6 Å². The monoisotopic (exact) mass is 512 g/mol. The molecular weight excluding hydrogens is 483 g/mol. The van der Waals surface area contributed by atoms with Gasteiger partial charge in [0.05, 0.1) is 23.3 Å². The fourth-order valence-corrected chi connectivity index (χ4v) is 4.27. The number of carbonyl (C=O) groups is 1. The predicted octanol–water partition coefficient (Wildman–Crippen LogP) is 4.67. The Labute approximate surface area is 219 Å². The summed E-state index contributed by atoms with van der Waals surface area (Å²) in [7, 11) is 0. The van der Waals surface area contributed by atoms with E-state index in [1.165, 1.54) is 46.8 Å². The molecule has 3 N–H and O–H groups in total. The zero-order valence-electron chi connectivity index (χ0n) is 21.3. The number of halogens is 1. The molecule has 1 amide bonds. The van der Waals surface area contributed by atoms with Gasteiger partial charge in [-0.2, -0.15) is 0 Å². The molecule has 9 heteroatoms. The molecule has 0 radical (unpaired) electrons. The van der Waals surface area contributed by atoms with Gasteiger partial charge in [-0.3, -0.25) is 9.78 Å². The van der Waals surface area contributed by atoms with Crippen molar-refractivity contribution in [1.29, 1.82) is 0 Å². The summed E-state index contributed by atoms with van der Waals surface area (Å²) in [6.07, 6.45) is 4.06. The van der Waals surface area contributed by atoms with E-state index in [1.807, 2.05) is 0 Å². The topological polar surface area (TPSA) is 109 Å². The molecule has 0 aliphatic rings. The Hall–Kier alpha value is -4.37. The number of benzene rings is 2. The number of nitrogens with one attached hydrogen (secondary N) is 3. The molecule has 0 saturated carbocycles. The highest BCUT2D eigenvalue weighted by Crippen LogP contribution is 2.27. The number of pyridine rings is 1. The Balaban J connectivity index is 1.08. The first-order chi connectivity index (χ1) is 18.5. The third-order valence-electron chi connectivity index (χ3n) is 6.54. The van der Waals surface area contributed by atoms with Crippen LogP contribution in [0, 0.1) is 19.7 Å². The summed E-state index contributed by atoms with van der Waals surface area (Å²) in [5.74, 6) is 0.465. The van der Waals surface area contributed by atoms with Crippen LogP contribution in [0.4, 0.5) is 4.39 Å². The van der Waals surface area contributed by atoms with E-state index >= 15 is 0 Å². The number of aromatic amines is 1. The molecule has 194 valence electrons. The van der Waals surface area contributed by atoms with Crippen LogP contribution in [0.2, 0.25) is 0 Å². The van der Waals surface area contributed by atoms with Gasteiger partial charge in [0.1, 0.15) is 17.9 Å². The van der Waals surface area contributed by atoms with Crippen molar-refractivity contribution < 1.29 is 13.6 Å². The van der Waals surface area contributed by atoms with Crippen molar-refractivity contribution in [1.82, 2.24) is 30.6 Å². The van der Waals surface area contributed by atoms with Gasteiger partial charge in [-0.15, -0.1) is 0 Å². The van der Waals surface area contributed by atoms with Gasteiger partial charge in [0, 0.05) is 32.1 Å². The number of imidazole rings is 1. The highest BCUT2D eigenvalue weighted by atomic mass is 19.1. The maximum Gasteiger partial charge on any atom is 0.273 e. The predicted molar refractivity (Wildman–Crippen MR) is 143 cm³/mol. The third kappa shape index (κ3) is 5.78. The van der Waals surface area contributed by atoms with Gasteiger partial charge in [-0.1, -0.05) is 24.3 Å². The average Bonchev–Trinajstić information content (AvgIpc) is 3.56. The van der Waals surface area contributed by atoms with Crippen LogP contribution in [0.15, 0.2) is 65.4 Å². The van der Waals surface area contributed by atoms with E-state index in [9.17, 15) is 9.18 Å². The minimum Gasteiger partial charge on any atom is -0.448 e. The summed E-state index contributed by atoms with van der Waals surface area (Å²) >= 11 is 0. The van der Waals surface area contributed by atoms with Crippen molar-refractivity contribution in [3.05, 3.63) is 101 Å². The Morgan fingerprint density at radius 1 is 1.05 bits per heavy atom. The summed E-state index contributed by atoms with van der Waals surface area (Å²) in [6, 6.07) is 15.5. The van der Waals surface area contributed by atoms with Gasteiger partial charge in [-0.25, -0.2) is 14.4 Å². The number of rotatable bonds is 10. The van der Waals surface area contributed by atoms with Gasteiger partial charge in [-0.05, 0) is 60.4 Å². The lowest BCUT2D eigenvalue weighted by atomic mass is 9.97. The Morgan fingerprint density at radius 2 is 1.92 bits per heavy atom. The van der Waals surface area contributed by atoms with E-state index in [0.717, 1.165) is 29.8 Å². The molecule has 0 aliphatic carbocycles. The van der Waals surface area contributed by atoms with Crippen molar-refractivity contribution in [3.63, 3.8) is 0 Å². The van der Waals surface area contributed by atoms with E-state index in [4.69, 9.17) is 9.40 Å². The molecule has 2 aromatic carbocycles. The van der Waals surface area contributed by atoms with E-state index in [0.29, 0.717) is 18.9 Å². The molecule has 0 atom stereocenters. The number of oxazole rings is 1. The number of amides is 1. The second-order valence-electron chi connectivity index (χ2n) is 9.15. The number of hydrogen-bond donors (Lipinski definition) is 3. The molecule has 3 heterocycles. The average molecular weight is 513 g/mol. The lowest BCUT2D eigenvalue weighted by Gasteiger charge is -2.08. The molecular formula is C29H29FN6O2. The Bertz CT molecular complexity index is 1570. The van der Waals surface area contributed by atoms with E-state index in [1.54, 1.807) is 0 Å². The zero-order chi connectivity index (χ0) is 26.5. The summed E-state index contributed by atoms with van der Waals surface area (Å²) in [5, 5.41) is 5.96. The minimum atomic E-state index is -0.468. The van der Waals surface area contributed by atoms with Gasteiger partial charge in [0.25, 0.3) is 5.91 Å². The van der Waals surface area contributed by atoms with Crippen molar-refractivity contribution in [2.45, 2.75) is 33.2 Å². The normalized spacial score (nSPS) is 11.2. The van der Waals surface area contributed by atoms with Crippen molar-refractivity contribution >= 4 is 16.9 Å². The van der Waals surface area contributed by atoms with E-state index in [2.05, 4.69) is 75.8 Å². The summed E-state index contributed by atoms with van der Waals surface area (Å²) in [5.41, 5.74) is 7.27. The number of fused-ring (bicyclic) bond motifs is 1. The van der Waals surface area contributed by atoms with E-state index < -0.39 is 11.7 Å². The van der Waals surface area contributed by atoms with Crippen LogP contribution in [0.1, 0.15) is 39.0 Å².